The summed E-state index contributed by atoms with van der Waals surface area (Å²) < 4.78 is 70.3. The van der Waals surface area contributed by atoms with E-state index in [4.69, 9.17) is 0 Å². The maximum atomic E-state index is 12.7. The zero-order valence-electron chi connectivity index (χ0n) is 15.8. The highest BCUT2D eigenvalue weighted by atomic mass is 32.2. The molecule has 1 unspecified atom stereocenters. The second-order valence-electron chi connectivity index (χ2n) is 7.80. The highest BCUT2D eigenvalue weighted by Crippen LogP contribution is 2.58. The van der Waals surface area contributed by atoms with E-state index in [1.165, 1.54) is 13.2 Å². The van der Waals surface area contributed by atoms with Gasteiger partial charge >= 0.3 is 21.6 Å². The van der Waals surface area contributed by atoms with Gasteiger partial charge in [-0.25, -0.2) is 0 Å². The van der Waals surface area contributed by atoms with Crippen LogP contribution in [0.3, 0.4) is 0 Å². The molecule has 27 heavy (non-hydrogen) atoms. The van der Waals surface area contributed by atoms with Gasteiger partial charge in [0.2, 0.25) is 0 Å². The Morgan fingerprint density at radius 2 is 2.04 bits per heavy atom. The molecule has 1 fully saturated rings. The minimum Gasteiger partial charge on any atom is -0.469 e. The fraction of sp³-hybridized carbons (Fsp3) is 0.833. The fourth-order valence-corrected chi connectivity index (χ4v) is 5.24. The average Bonchev–Trinajstić information content (AvgIpc) is 2.92. The first-order valence-corrected chi connectivity index (χ1v) is 10.6. The minimum absolute atomic E-state index is 0.0639. The van der Waals surface area contributed by atoms with Crippen LogP contribution in [0.5, 0.6) is 0 Å². The van der Waals surface area contributed by atoms with Crippen molar-refractivity contribution >= 4 is 16.1 Å². The maximum absolute atomic E-state index is 12.7. The zero-order chi connectivity index (χ0) is 20.5. The second-order valence-corrected chi connectivity index (χ2v) is 9.34. The Morgan fingerprint density at radius 3 is 2.63 bits per heavy atom. The number of alkyl halides is 3. The average molecular weight is 412 g/mol. The SMILES string of the molecule is COC(=O)CCC[C@H](C)[C@H]1CC[C@]2(C)C(OS(=O)(=O)C(F)(F)F)=CCCC12. The summed E-state index contributed by atoms with van der Waals surface area (Å²) >= 11 is 0. The molecule has 0 aromatic heterocycles. The highest BCUT2D eigenvalue weighted by Gasteiger charge is 2.55. The van der Waals surface area contributed by atoms with E-state index in [-0.39, 0.29) is 29.5 Å². The monoisotopic (exact) mass is 412 g/mol. The summed E-state index contributed by atoms with van der Waals surface area (Å²) in [4.78, 5) is 11.3. The molecular weight excluding hydrogens is 385 g/mol. The lowest BCUT2D eigenvalue weighted by atomic mass is 9.67. The third kappa shape index (κ3) is 4.60. The van der Waals surface area contributed by atoms with Gasteiger partial charge in [-0.2, -0.15) is 21.6 Å². The molecule has 2 rings (SSSR count). The maximum Gasteiger partial charge on any atom is 0.534 e. The Hall–Kier alpha value is -1.25. The van der Waals surface area contributed by atoms with Crippen molar-refractivity contribution in [1.82, 2.24) is 0 Å². The molecule has 2 aliphatic carbocycles. The van der Waals surface area contributed by atoms with Gasteiger partial charge < -0.3 is 8.92 Å². The van der Waals surface area contributed by atoms with Crippen molar-refractivity contribution < 1.29 is 35.3 Å². The molecule has 5 nitrogen and oxygen atoms in total. The van der Waals surface area contributed by atoms with Gasteiger partial charge in [-0.1, -0.05) is 13.8 Å². The molecule has 0 heterocycles. The molecule has 0 aliphatic heterocycles. The van der Waals surface area contributed by atoms with Crippen molar-refractivity contribution in [3.63, 3.8) is 0 Å². The van der Waals surface area contributed by atoms with E-state index in [0.717, 1.165) is 19.3 Å². The van der Waals surface area contributed by atoms with Crippen LogP contribution in [0.25, 0.3) is 0 Å². The molecule has 0 N–H and O–H groups in total. The first-order valence-electron chi connectivity index (χ1n) is 9.20. The van der Waals surface area contributed by atoms with Crippen LogP contribution in [0.1, 0.15) is 58.8 Å². The molecule has 0 spiro atoms. The minimum atomic E-state index is -5.66. The van der Waals surface area contributed by atoms with Crippen molar-refractivity contribution in [1.29, 1.82) is 0 Å². The lowest BCUT2D eigenvalue weighted by molar-refractivity contribution is -0.140. The number of carbonyl (C=O) groups is 1. The summed E-state index contributed by atoms with van der Waals surface area (Å²) in [6.45, 7) is 3.88. The first kappa shape index (κ1) is 22.0. The van der Waals surface area contributed by atoms with E-state index < -0.39 is 21.0 Å². The largest absolute Gasteiger partial charge is 0.534 e. The third-order valence-corrected chi connectivity index (χ3v) is 7.15. The van der Waals surface area contributed by atoms with Crippen molar-refractivity contribution in [2.24, 2.45) is 23.2 Å². The van der Waals surface area contributed by atoms with Crippen LogP contribution in [0.2, 0.25) is 0 Å². The number of methoxy groups -OCH3 is 1. The lowest BCUT2D eigenvalue weighted by Gasteiger charge is -2.40. The van der Waals surface area contributed by atoms with Crippen LogP contribution >= 0.6 is 0 Å². The van der Waals surface area contributed by atoms with Gasteiger partial charge in [-0.05, 0) is 62.4 Å². The molecule has 4 atom stereocenters. The number of carbonyl (C=O) groups excluding carboxylic acids is 1. The molecule has 0 saturated heterocycles. The number of hydrogen-bond acceptors (Lipinski definition) is 5. The molecule has 1 saturated carbocycles. The van der Waals surface area contributed by atoms with Crippen LogP contribution < -0.4 is 0 Å². The summed E-state index contributed by atoms with van der Waals surface area (Å²) in [6.07, 6.45) is 6.01. The number of ether oxygens (including phenoxy) is 1. The van der Waals surface area contributed by atoms with Gasteiger partial charge in [0.05, 0.1) is 7.11 Å². The van der Waals surface area contributed by atoms with E-state index in [1.54, 1.807) is 6.92 Å². The Balaban J connectivity index is 2.08. The molecule has 156 valence electrons. The van der Waals surface area contributed by atoms with E-state index in [2.05, 4.69) is 15.8 Å². The van der Waals surface area contributed by atoms with Gasteiger partial charge in [0.15, 0.2) is 0 Å². The van der Waals surface area contributed by atoms with Crippen molar-refractivity contribution in [2.75, 3.05) is 7.11 Å². The molecule has 0 aromatic carbocycles. The molecular formula is C18H27F3O5S. The Kier molecular flexibility index (Phi) is 6.54. The van der Waals surface area contributed by atoms with Crippen LogP contribution in [-0.4, -0.2) is 27.0 Å². The van der Waals surface area contributed by atoms with E-state index in [9.17, 15) is 26.4 Å². The van der Waals surface area contributed by atoms with E-state index in [0.29, 0.717) is 25.7 Å². The number of allylic oxidation sites excluding steroid dienone is 2. The fourth-order valence-electron chi connectivity index (χ4n) is 4.65. The van der Waals surface area contributed by atoms with Gasteiger partial charge in [0.25, 0.3) is 0 Å². The van der Waals surface area contributed by atoms with Gasteiger partial charge in [-0.15, -0.1) is 0 Å². The Labute approximate surface area is 158 Å². The molecule has 0 radical (unpaired) electrons. The van der Waals surface area contributed by atoms with Crippen LogP contribution in [0, 0.1) is 23.2 Å². The number of rotatable bonds is 7. The van der Waals surface area contributed by atoms with Crippen LogP contribution in [0.4, 0.5) is 13.2 Å². The first-order chi connectivity index (χ1) is 12.4. The highest BCUT2D eigenvalue weighted by molar-refractivity contribution is 7.87. The summed E-state index contributed by atoms with van der Waals surface area (Å²) in [5.41, 5.74) is -6.14. The normalized spacial score (nSPS) is 29.6. The second kappa shape index (κ2) is 8.01. The lowest BCUT2D eigenvalue weighted by Crippen LogP contribution is -2.36. The molecule has 2 aliphatic rings. The van der Waals surface area contributed by atoms with Crippen molar-refractivity contribution in [2.45, 2.75) is 64.3 Å². The van der Waals surface area contributed by atoms with Crippen molar-refractivity contribution in [3.05, 3.63) is 11.8 Å². The number of hydrogen-bond donors (Lipinski definition) is 0. The molecule has 0 bridgehead atoms. The zero-order valence-corrected chi connectivity index (χ0v) is 16.7. The number of fused-ring (bicyclic) bond motifs is 1. The summed E-state index contributed by atoms with van der Waals surface area (Å²) in [5, 5.41) is 0. The summed E-state index contributed by atoms with van der Waals surface area (Å²) in [7, 11) is -4.31. The Bertz CT molecular complexity index is 686. The molecule has 0 aromatic rings. The van der Waals surface area contributed by atoms with Gasteiger partial charge in [0.1, 0.15) is 5.76 Å². The molecule has 0 amide bonds. The predicted molar refractivity (Wildman–Crippen MR) is 92.7 cm³/mol. The van der Waals surface area contributed by atoms with E-state index >= 15 is 0 Å². The van der Waals surface area contributed by atoms with E-state index in [1.807, 2.05) is 0 Å². The summed E-state index contributed by atoms with van der Waals surface area (Å²) in [5.74, 6) is 0.273. The molecule has 9 heteroatoms. The van der Waals surface area contributed by atoms with Crippen LogP contribution in [0.15, 0.2) is 11.8 Å². The number of halogens is 3. The van der Waals surface area contributed by atoms with Gasteiger partial charge in [0, 0.05) is 11.8 Å². The summed E-state index contributed by atoms with van der Waals surface area (Å²) in [6, 6.07) is 0. The standard InChI is InChI=1S/C18H27F3O5S/c1-12(6-4-9-16(22)25-3)13-10-11-17(2)14(13)7-5-8-15(17)26-27(23,24)18(19,20)21/h8,12-14H,4-7,9-11H2,1-3H3/t12-,13+,14?,17-/m0/s1. The smallest absolute Gasteiger partial charge is 0.469 e. The topological polar surface area (TPSA) is 69.7 Å². The Morgan fingerprint density at radius 1 is 1.37 bits per heavy atom. The predicted octanol–water partition coefficient (Wildman–Crippen LogP) is 4.54. The van der Waals surface area contributed by atoms with Crippen molar-refractivity contribution in [3.8, 4) is 0 Å². The number of esters is 1. The quantitative estimate of drug-likeness (QED) is 0.349. The van der Waals surface area contributed by atoms with Gasteiger partial charge in [-0.3, -0.25) is 4.79 Å². The van der Waals surface area contributed by atoms with Crippen LogP contribution in [-0.2, 0) is 23.8 Å². The third-order valence-electron chi connectivity index (χ3n) is 6.18.